The summed E-state index contributed by atoms with van der Waals surface area (Å²) in [6.07, 6.45) is 2.73. The summed E-state index contributed by atoms with van der Waals surface area (Å²) in [6.45, 7) is 10.3. The zero-order chi connectivity index (χ0) is 16.1. The molecule has 2 unspecified atom stereocenters. The molecular weight excluding hydrogens is 266 g/mol. The first kappa shape index (κ1) is 20.8. The highest BCUT2D eigenvalue weighted by molar-refractivity contribution is 4.78. The van der Waals surface area contributed by atoms with Gasteiger partial charge < -0.3 is 22.3 Å². The summed E-state index contributed by atoms with van der Waals surface area (Å²) in [7, 11) is 0. The molecule has 7 N–H and O–H groups in total. The maximum absolute atomic E-state index is 9.91. The van der Waals surface area contributed by atoms with Crippen LogP contribution >= 0.6 is 0 Å². The molecule has 0 saturated heterocycles. The van der Waals surface area contributed by atoms with Gasteiger partial charge in [0.25, 0.3) is 0 Å². The number of aliphatic hydroxyl groups is 1. The quantitative estimate of drug-likeness (QED) is 0.342. The normalized spacial score (nSPS) is 14.9. The fourth-order valence-corrected chi connectivity index (χ4v) is 2.70. The molecule has 0 rings (SSSR count). The summed E-state index contributed by atoms with van der Waals surface area (Å²) >= 11 is 0. The van der Waals surface area contributed by atoms with Gasteiger partial charge in [0.15, 0.2) is 0 Å². The maximum Gasteiger partial charge on any atom is 0.0664 e. The zero-order valence-electron chi connectivity index (χ0n) is 14.0. The van der Waals surface area contributed by atoms with E-state index in [9.17, 15) is 5.11 Å². The van der Waals surface area contributed by atoms with E-state index in [0.29, 0.717) is 32.2 Å². The van der Waals surface area contributed by atoms with Crippen molar-refractivity contribution in [1.82, 2.24) is 9.80 Å². The molecule has 128 valence electrons. The molecule has 0 bridgehead atoms. The number of nitrogens with two attached hydrogens (primary N) is 3. The van der Waals surface area contributed by atoms with E-state index in [2.05, 4.69) is 16.7 Å². The highest BCUT2D eigenvalue weighted by atomic mass is 16.3. The van der Waals surface area contributed by atoms with Crippen molar-refractivity contribution in [3.8, 4) is 0 Å². The molecule has 0 heterocycles. The molecule has 0 fully saturated rings. The van der Waals surface area contributed by atoms with Crippen molar-refractivity contribution in [2.75, 3.05) is 52.4 Å². The Hall–Kier alpha value is -0.240. The minimum atomic E-state index is -0.281. The average molecular weight is 303 g/mol. The van der Waals surface area contributed by atoms with Gasteiger partial charge in [-0.3, -0.25) is 9.80 Å². The predicted octanol–water partition coefficient (Wildman–Crippen LogP) is -0.594. The summed E-state index contributed by atoms with van der Waals surface area (Å²) in [5, 5.41) is 9.91. The van der Waals surface area contributed by atoms with Crippen molar-refractivity contribution in [3.63, 3.8) is 0 Å². The molecule has 0 aromatic heterocycles. The van der Waals surface area contributed by atoms with Crippen LogP contribution in [0.15, 0.2) is 0 Å². The smallest absolute Gasteiger partial charge is 0.0664 e. The van der Waals surface area contributed by atoms with Crippen molar-refractivity contribution in [3.05, 3.63) is 0 Å². The summed E-state index contributed by atoms with van der Waals surface area (Å²) in [5.74, 6) is 0. The van der Waals surface area contributed by atoms with Crippen LogP contribution in [-0.2, 0) is 0 Å². The average Bonchev–Trinajstić information content (AvgIpc) is 2.46. The first-order chi connectivity index (χ1) is 10.1. The lowest BCUT2D eigenvalue weighted by molar-refractivity contribution is 0.0816. The van der Waals surface area contributed by atoms with Gasteiger partial charge >= 0.3 is 0 Å². The summed E-state index contributed by atoms with van der Waals surface area (Å²) in [5.41, 5.74) is 17.2. The number of hydrogen-bond acceptors (Lipinski definition) is 6. The van der Waals surface area contributed by atoms with Gasteiger partial charge in [-0.15, -0.1) is 0 Å². The SMILES string of the molecule is CCCC(CN(CCN)CC(O)CC)N(CCN)CCN. The molecule has 6 heteroatoms. The Kier molecular flexibility index (Phi) is 13.3. The van der Waals surface area contributed by atoms with E-state index >= 15 is 0 Å². The Labute approximate surface area is 130 Å². The minimum Gasteiger partial charge on any atom is -0.392 e. The van der Waals surface area contributed by atoms with E-state index in [0.717, 1.165) is 45.4 Å². The van der Waals surface area contributed by atoms with Crippen molar-refractivity contribution < 1.29 is 5.11 Å². The maximum atomic E-state index is 9.91. The highest BCUT2D eigenvalue weighted by Crippen LogP contribution is 2.10. The first-order valence-corrected chi connectivity index (χ1v) is 8.37. The lowest BCUT2D eigenvalue weighted by atomic mass is 10.1. The summed E-state index contributed by atoms with van der Waals surface area (Å²) in [4.78, 5) is 4.65. The molecule has 2 atom stereocenters. The van der Waals surface area contributed by atoms with Crippen molar-refractivity contribution in [2.45, 2.75) is 45.3 Å². The van der Waals surface area contributed by atoms with Gasteiger partial charge in [0.05, 0.1) is 6.10 Å². The Balaban J connectivity index is 4.70. The predicted molar refractivity (Wildman–Crippen MR) is 90.2 cm³/mol. The van der Waals surface area contributed by atoms with Gasteiger partial charge in [-0.05, 0) is 12.8 Å². The second-order valence-electron chi connectivity index (χ2n) is 5.67. The molecule has 6 nitrogen and oxygen atoms in total. The Morgan fingerprint density at radius 3 is 1.90 bits per heavy atom. The molecule has 21 heavy (non-hydrogen) atoms. The van der Waals surface area contributed by atoms with E-state index in [-0.39, 0.29) is 6.10 Å². The molecule has 0 radical (unpaired) electrons. The molecule has 0 aromatic carbocycles. The Morgan fingerprint density at radius 2 is 1.48 bits per heavy atom. The second kappa shape index (κ2) is 13.4. The zero-order valence-corrected chi connectivity index (χ0v) is 14.0. The fourth-order valence-electron chi connectivity index (χ4n) is 2.70. The van der Waals surface area contributed by atoms with Crippen LogP contribution in [0.25, 0.3) is 0 Å². The largest absolute Gasteiger partial charge is 0.392 e. The lowest BCUT2D eigenvalue weighted by Gasteiger charge is -2.36. The van der Waals surface area contributed by atoms with Crippen LogP contribution in [-0.4, -0.2) is 79.4 Å². The molecule has 0 aliphatic rings. The third-order valence-corrected chi connectivity index (χ3v) is 3.83. The molecule has 0 saturated carbocycles. The third-order valence-electron chi connectivity index (χ3n) is 3.83. The van der Waals surface area contributed by atoms with Crippen LogP contribution in [0, 0.1) is 0 Å². The van der Waals surface area contributed by atoms with Crippen LogP contribution in [0.4, 0.5) is 0 Å². The summed E-state index contributed by atoms with van der Waals surface area (Å²) < 4.78 is 0. The molecule has 0 spiro atoms. The van der Waals surface area contributed by atoms with Gasteiger partial charge in [-0.2, -0.15) is 0 Å². The second-order valence-corrected chi connectivity index (χ2v) is 5.67. The fraction of sp³-hybridized carbons (Fsp3) is 1.00. The molecule has 0 aliphatic heterocycles. The van der Waals surface area contributed by atoms with Gasteiger partial charge in [-0.25, -0.2) is 0 Å². The lowest BCUT2D eigenvalue weighted by Crippen LogP contribution is -2.49. The van der Waals surface area contributed by atoms with Crippen LogP contribution in [0.2, 0.25) is 0 Å². The van der Waals surface area contributed by atoms with Gasteiger partial charge in [-0.1, -0.05) is 20.3 Å². The molecule has 0 aromatic rings. The standard InChI is InChI=1S/C15H37N5O/c1-3-5-14(20(10-7-17)11-8-18)12-19(9-6-16)13-15(21)4-2/h14-15,21H,3-13,16-18H2,1-2H3. The van der Waals surface area contributed by atoms with Gasteiger partial charge in [0.1, 0.15) is 0 Å². The Morgan fingerprint density at radius 1 is 0.905 bits per heavy atom. The minimum absolute atomic E-state index is 0.281. The monoisotopic (exact) mass is 303 g/mol. The van der Waals surface area contributed by atoms with Crippen molar-refractivity contribution in [2.24, 2.45) is 17.2 Å². The van der Waals surface area contributed by atoms with Crippen LogP contribution in [0.5, 0.6) is 0 Å². The van der Waals surface area contributed by atoms with E-state index in [1.807, 2.05) is 6.92 Å². The number of aliphatic hydroxyl groups excluding tert-OH is 1. The molecular formula is C15H37N5O. The van der Waals surface area contributed by atoms with E-state index in [1.165, 1.54) is 0 Å². The van der Waals surface area contributed by atoms with E-state index < -0.39 is 0 Å². The van der Waals surface area contributed by atoms with Gasteiger partial charge in [0.2, 0.25) is 0 Å². The van der Waals surface area contributed by atoms with Crippen molar-refractivity contribution in [1.29, 1.82) is 0 Å². The third kappa shape index (κ3) is 9.39. The Bertz CT molecular complexity index is 224. The number of rotatable bonds is 14. The first-order valence-electron chi connectivity index (χ1n) is 8.37. The topological polar surface area (TPSA) is 105 Å². The van der Waals surface area contributed by atoms with Crippen molar-refractivity contribution >= 4 is 0 Å². The van der Waals surface area contributed by atoms with Crippen LogP contribution < -0.4 is 17.2 Å². The van der Waals surface area contributed by atoms with Crippen LogP contribution in [0.3, 0.4) is 0 Å². The van der Waals surface area contributed by atoms with E-state index in [1.54, 1.807) is 0 Å². The number of hydrogen-bond donors (Lipinski definition) is 4. The molecule has 0 aliphatic carbocycles. The van der Waals surface area contributed by atoms with Gasteiger partial charge in [0, 0.05) is 58.4 Å². The van der Waals surface area contributed by atoms with E-state index in [4.69, 9.17) is 17.2 Å². The summed E-state index contributed by atoms with van der Waals surface area (Å²) in [6, 6.07) is 0.428. The highest BCUT2D eigenvalue weighted by Gasteiger charge is 2.20. The number of nitrogens with zero attached hydrogens (tertiary/aromatic N) is 2. The molecule has 0 amide bonds. The van der Waals surface area contributed by atoms with Crippen LogP contribution in [0.1, 0.15) is 33.1 Å².